The zero-order valence-electron chi connectivity index (χ0n) is 25.4. The van der Waals surface area contributed by atoms with E-state index in [4.69, 9.17) is 0 Å². The molecule has 2 N–H and O–H groups in total. The fourth-order valence-electron chi connectivity index (χ4n) is 6.03. The number of anilines is 2. The monoisotopic (exact) mass is 557 g/mol. The minimum Gasteiger partial charge on any atom is -0.376 e. The highest BCUT2D eigenvalue weighted by atomic mass is 16.2. The number of amides is 3. The Kier molecular flexibility index (Phi) is 8.49. The molecule has 3 amide bonds. The summed E-state index contributed by atoms with van der Waals surface area (Å²) in [7, 11) is 1.66. The number of carbonyl (C=O) groups excluding carboxylic acids is 3. The molecule has 0 bridgehead atoms. The zero-order valence-corrected chi connectivity index (χ0v) is 25.4. The van der Waals surface area contributed by atoms with Gasteiger partial charge in [0.15, 0.2) is 0 Å². The van der Waals surface area contributed by atoms with Crippen molar-refractivity contribution in [1.29, 1.82) is 5.26 Å². The molecule has 41 heavy (non-hydrogen) atoms. The Labute approximate surface area is 244 Å². The van der Waals surface area contributed by atoms with Crippen molar-refractivity contribution in [1.82, 2.24) is 9.80 Å². The second-order valence-electron chi connectivity index (χ2n) is 12.9. The van der Waals surface area contributed by atoms with Crippen LogP contribution in [-0.2, 0) is 31.6 Å². The van der Waals surface area contributed by atoms with Crippen LogP contribution in [0.2, 0.25) is 0 Å². The van der Waals surface area contributed by atoms with E-state index in [1.54, 1.807) is 7.05 Å². The molecule has 8 heteroatoms. The van der Waals surface area contributed by atoms with Gasteiger partial charge in [-0.05, 0) is 53.0 Å². The topological polar surface area (TPSA) is 106 Å². The van der Waals surface area contributed by atoms with Crippen LogP contribution < -0.4 is 10.6 Å². The number of benzene rings is 2. The van der Waals surface area contributed by atoms with Crippen molar-refractivity contribution in [3.63, 3.8) is 0 Å². The number of hydrogen-bond acceptors (Lipinski definition) is 5. The molecule has 1 spiro atoms. The number of likely N-dealkylation sites (N-methyl/N-ethyl adjacent to an activating group) is 1. The van der Waals surface area contributed by atoms with Crippen molar-refractivity contribution >= 4 is 29.1 Å². The van der Waals surface area contributed by atoms with Crippen molar-refractivity contribution in [3.05, 3.63) is 59.2 Å². The lowest BCUT2D eigenvalue weighted by atomic mass is 9.80. The van der Waals surface area contributed by atoms with E-state index in [0.29, 0.717) is 6.42 Å². The molecule has 3 atom stereocenters. The number of rotatable bonds is 8. The van der Waals surface area contributed by atoms with Gasteiger partial charge in [-0.2, -0.15) is 5.26 Å². The van der Waals surface area contributed by atoms with Crippen LogP contribution in [0.3, 0.4) is 0 Å². The van der Waals surface area contributed by atoms with Gasteiger partial charge in [-0.25, -0.2) is 0 Å². The maximum absolute atomic E-state index is 14.1. The molecule has 218 valence electrons. The molecule has 1 saturated heterocycles. The largest absolute Gasteiger partial charge is 0.376 e. The van der Waals surface area contributed by atoms with E-state index in [9.17, 15) is 19.6 Å². The van der Waals surface area contributed by atoms with Gasteiger partial charge in [0.1, 0.15) is 12.1 Å². The Bertz CT molecular complexity index is 1370. The molecule has 1 unspecified atom stereocenters. The third kappa shape index (κ3) is 5.81. The van der Waals surface area contributed by atoms with Crippen molar-refractivity contribution in [3.8, 4) is 6.07 Å². The number of hydrogen-bond donors (Lipinski definition) is 2. The molecular formula is C33H43N5O3. The van der Waals surface area contributed by atoms with Gasteiger partial charge in [-0.15, -0.1) is 0 Å². The molecule has 2 aliphatic rings. The molecule has 0 saturated carbocycles. The van der Waals surface area contributed by atoms with Gasteiger partial charge in [0.05, 0.1) is 18.0 Å². The highest BCUT2D eigenvalue weighted by Gasteiger charge is 2.56. The minimum absolute atomic E-state index is 0.0284. The van der Waals surface area contributed by atoms with Crippen molar-refractivity contribution in [2.75, 3.05) is 30.8 Å². The fraction of sp³-hybridized carbons (Fsp3) is 0.515. The Balaban J connectivity index is 1.55. The predicted octanol–water partition coefficient (Wildman–Crippen LogP) is 4.85. The van der Waals surface area contributed by atoms with Crippen molar-refractivity contribution in [2.45, 2.75) is 83.7 Å². The number of likely N-dealkylation sites (tertiary alicyclic amines) is 1. The molecule has 4 rings (SSSR count). The first-order valence-electron chi connectivity index (χ1n) is 14.6. The van der Waals surface area contributed by atoms with Crippen LogP contribution in [0.15, 0.2) is 42.5 Å². The smallest absolute Gasteiger partial charge is 0.246 e. The van der Waals surface area contributed by atoms with Crippen LogP contribution >= 0.6 is 0 Å². The Morgan fingerprint density at radius 2 is 1.93 bits per heavy atom. The highest BCUT2D eigenvalue weighted by molar-refractivity contribution is 6.07. The Morgan fingerprint density at radius 3 is 2.56 bits per heavy atom. The summed E-state index contributed by atoms with van der Waals surface area (Å²) in [6, 6.07) is 14.5. The van der Waals surface area contributed by atoms with Crippen molar-refractivity contribution in [2.24, 2.45) is 5.92 Å². The van der Waals surface area contributed by atoms with Crippen LogP contribution in [0.5, 0.6) is 0 Å². The molecule has 2 aromatic rings. The van der Waals surface area contributed by atoms with E-state index in [1.807, 2.05) is 38.1 Å². The summed E-state index contributed by atoms with van der Waals surface area (Å²) in [6.07, 6.45) is 1.51. The third-order valence-electron chi connectivity index (χ3n) is 8.54. The number of nitrogens with zero attached hydrogens (tertiary/aromatic N) is 3. The van der Waals surface area contributed by atoms with Gasteiger partial charge in [0.2, 0.25) is 17.7 Å². The Morgan fingerprint density at radius 1 is 1.22 bits per heavy atom. The maximum atomic E-state index is 14.1. The molecule has 2 heterocycles. The third-order valence-corrected chi connectivity index (χ3v) is 8.54. The summed E-state index contributed by atoms with van der Waals surface area (Å²) >= 11 is 0. The summed E-state index contributed by atoms with van der Waals surface area (Å²) in [4.78, 5) is 43.9. The average Bonchev–Trinajstić information content (AvgIpc) is 3.46. The zero-order chi connectivity index (χ0) is 30.1. The standard InChI is InChI=1S/C33H43N5O3/c1-8-22-13-14-23(32(4,5)6)16-27(22)35-19-29(39)37(7)28(15-21(2)3)30(40)38-20-33(17-24(38)18-34)25-11-9-10-12-26(25)36-31(33)41/h9-14,16,21,24,28,35H,8,15,17,19-20H2,1-7H3,(H,36,41)/t24-,28?,33-/m0/s1. The van der Waals surface area contributed by atoms with Crippen molar-refractivity contribution < 1.29 is 14.4 Å². The van der Waals surface area contributed by atoms with Crippen LogP contribution in [0.4, 0.5) is 11.4 Å². The normalized spacial score (nSPS) is 20.5. The van der Waals surface area contributed by atoms with E-state index in [-0.39, 0.29) is 48.6 Å². The first kappa shape index (κ1) is 30.1. The maximum Gasteiger partial charge on any atom is 0.246 e. The quantitative estimate of drug-likeness (QED) is 0.483. The summed E-state index contributed by atoms with van der Waals surface area (Å²) in [5, 5.41) is 16.3. The van der Waals surface area contributed by atoms with Gasteiger partial charge in [-0.3, -0.25) is 14.4 Å². The first-order chi connectivity index (χ1) is 19.3. The molecule has 2 aliphatic heterocycles. The van der Waals surface area contributed by atoms with Gasteiger partial charge in [-0.1, -0.05) is 71.9 Å². The van der Waals surface area contributed by atoms with Crippen LogP contribution in [0, 0.1) is 17.2 Å². The summed E-state index contributed by atoms with van der Waals surface area (Å²) in [6.45, 7) is 12.7. The van der Waals surface area contributed by atoms with E-state index < -0.39 is 17.5 Å². The molecule has 0 aliphatic carbocycles. The fourth-order valence-corrected chi connectivity index (χ4v) is 6.03. The van der Waals surface area contributed by atoms with E-state index in [0.717, 1.165) is 28.9 Å². The molecular weight excluding hydrogens is 514 g/mol. The molecule has 1 fully saturated rings. The summed E-state index contributed by atoms with van der Waals surface area (Å²) < 4.78 is 0. The molecule has 0 aromatic heterocycles. The number of nitriles is 1. The number of para-hydroxylation sites is 1. The summed E-state index contributed by atoms with van der Waals surface area (Å²) in [5.74, 6) is -0.555. The van der Waals surface area contributed by atoms with E-state index in [2.05, 4.69) is 62.6 Å². The second kappa shape index (κ2) is 11.6. The lowest BCUT2D eigenvalue weighted by molar-refractivity contribution is -0.144. The van der Waals surface area contributed by atoms with Gasteiger partial charge in [0, 0.05) is 31.4 Å². The number of fused-ring (bicyclic) bond motifs is 2. The van der Waals surface area contributed by atoms with Crippen LogP contribution in [-0.4, -0.2) is 59.7 Å². The lowest BCUT2D eigenvalue weighted by Crippen LogP contribution is -2.52. The van der Waals surface area contributed by atoms with Crippen LogP contribution in [0.1, 0.15) is 71.1 Å². The van der Waals surface area contributed by atoms with E-state index in [1.165, 1.54) is 15.4 Å². The second-order valence-corrected chi connectivity index (χ2v) is 12.9. The molecule has 0 radical (unpaired) electrons. The van der Waals surface area contributed by atoms with Gasteiger partial charge >= 0.3 is 0 Å². The van der Waals surface area contributed by atoms with Gasteiger partial charge < -0.3 is 20.4 Å². The number of nitrogens with one attached hydrogen (secondary N) is 2. The number of aryl methyl sites for hydroxylation is 1. The van der Waals surface area contributed by atoms with Gasteiger partial charge in [0.25, 0.3) is 0 Å². The van der Waals surface area contributed by atoms with Crippen LogP contribution in [0.25, 0.3) is 0 Å². The average molecular weight is 558 g/mol. The molecule has 8 nitrogen and oxygen atoms in total. The predicted molar refractivity (Wildman–Crippen MR) is 162 cm³/mol. The highest BCUT2D eigenvalue weighted by Crippen LogP contribution is 2.46. The first-order valence-corrected chi connectivity index (χ1v) is 14.6. The summed E-state index contributed by atoms with van der Waals surface area (Å²) in [5.41, 5.74) is 3.77. The number of carbonyl (C=O) groups is 3. The molecule has 2 aromatic carbocycles. The minimum atomic E-state index is -0.964. The van der Waals surface area contributed by atoms with E-state index >= 15 is 0 Å². The Hall–Kier alpha value is -3.86. The lowest BCUT2D eigenvalue weighted by Gasteiger charge is -2.33. The SMILES string of the molecule is CCc1ccc(C(C)(C)C)cc1NCC(=O)N(C)C(CC(C)C)C(=O)N1C[C@]2(C[C@H]1C#N)C(=O)Nc1ccccc12.